The van der Waals surface area contributed by atoms with Crippen LogP contribution in [0.4, 0.5) is 0 Å². The molecule has 3 aromatic heterocycles. The summed E-state index contributed by atoms with van der Waals surface area (Å²) in [4.78, 5) is 24.2. The summed E-state index contributed by atoms with van der Waals surface area (Å²) in [5, 5.41) is 2.21. The maximum atomic E-state index is 5.02. The molecule has 0 unspecified atom stereocenters. The van der Waals surface area contributed by atoms with Crippen LogP contribution in [-0.4, -0.2) is 24.9 Å². The van der Waals surface area contributed by atoms with Crippen molar-refractivity contribution in [2.24, 2.45) is 0 Å². The number of hydrogen-bond donors (Lipinski definition) is 0. The SMILES string of the molecule is c1ccc(-c2nc(-c3ccccc3)nc(-c3cc(-c4ccc5cccnc5c4)cc(-c4ccc5cccnc5c4)c3)n2)cc1. The van der Waals surface area contributed by atoms with Crippen molar-refractivity contribution in [3.8, 4) is 56.4 Å². The van der Waals surface area contributed by atoms with E-state index in [0.29, 0.717) is 17.5 Å². The molecular weight excluding hydrogens is 538 g/mol. The highest BCUT2D eigenvalue weighted by Gasteiger charge is 2.15. The maximum absolute atomic E-state index is 5.02. The third-order valence-corrected chi connectivity index (χ3v) is 7.77. The zero-order valence-electron chi connectivity index (χ0n) is 23.7. The van der Waals surface area contributed by atoms with Crippen molar-refractivity contribution in [2.75, 3.05) is 0 Å². The lowest BCUT2D eigenvalue weighted by Gasteiger charge is -2.13. The molecule has 0 atom stereocenters. The average Bonchev–Trinajstić information content (AvgIpc) is 3.11. The Morgan fingerprint density at radius 1 is 0.295 bits per heavy atom. The molecule has 0 radical (unpaired) electrons. The molecule has 8 rings (SSSR count). The summed E-state index contributed by atoms with van der Waals surface area (Å²) < 4.78 is 0. The Kier molecular flexibility index (Phi) is 6.39. The van der Waals surface area contributed by atoms with E-state index in [2.05, 4.69) is 76.7 Å². The summed E-state index contributed by atoms with van der Waals surface area (Å²) >= 11 is 0. The largest absolute Gasteiger partial charge is 0.256 e. The number of hydrogen-bond acceptors (Lipinski definition) is 5. The first-order valence-electron chi connectivity index (χ1n) is 14.5. The number of nitrogens with zero attached hydrogens (tertiary/aromatic N) is 5. The molecule has 5 heteroatoms. The van der Waals surface area contributed by atoms with Gasteiger partial charge in [-0.3, -0.25) is 9.97 Å². The molecule has 0 saturated heterocycles. The van der Waals surface area contributed by atoms with Gasteiger partial charge in [-0.15, -0.1) is 0 Å². The van der Waals surface area contributed by atoms with Crippen LogP contribution in [0.1, 0.15) is 0 Å². The van der Waals surface area contributed by atoms with Gasteiger partial charge in [-0.05, 0) is 64.7 Å². The van der Waals surface area contributed by atoms with Crippen LogP contribution in [0.15, 0.2) is 152 Å². The van der Waals surface area contributed by atoms with Crippen LogP contribution in [0.2, 0.25) is 0 Å². The highest BCUT2D eigenvalue weighted by atomic mass is 15.0. The van der Waals surface area contributed by atoms with E-state index in [4.69, 9.17) is 15.0 Å². The molecule has 0 amide bonds. The lowest BCUT2D eigenvalue weighted by atomic mass is 9.94. The summed E-state index contributed by atoms with van der Waals surface area (Å²) in [6, 6.07) is 47.5. The van der Waals surface area contributed by atoms with E-state index in [1.165, 1.54) is 0 Å². The molecule has 44 heavy (non-hydrogen) atoms. The van der Waals surface area contributed by atoms with Gasteiger partial charge < -0.3 is 0 Å². The summed E-state index contributed by atoms with van der Waals surface area (Å²) in [7, 11) is 0. The number of benzene rings is 5. The molecule has 0 saturated carbocycles. The van der Waals surface area contributed by atoms with E-state index in [9.17, 15) is 0 Å². The van der Waals surface area contributed by atoms with E-state index in [-0.39, 0.29) is 0 Å². The van der Waals surface area contributed by atoms with E-state index in [1.807, 2.05) is 85.2 Å². The van der Waals surface area contributed by atoms with E-state index >= 15 is 0 Å². The smallest absolute Gasteiger partial charge is 0.164 e. The minimum atomic E-state index is 0.610. The molecular formula is C39H25N5. The Morgan fingerprint density at radius 3 is 1.20 bits per heavy atom. The van der Waals surface area contributed by atoms with E-state index in [1.54, 1.807) is 0 Å². The van der Waals surface area contributed by atoms with E-state index < -0.39 is 0 Å². The van der Waals surface area contributed by atoms with Gasteiger partial charge in [-0.2, -0.15) is 0 Å². The Morgan fingerprint density at radius 2 is 0.727 bits per heavy atom. The van der Waals surface area contributed by atoms with Crippen LogP contribution < -0.4 is 0 Å². The van der Waals surface area contributed by atoms with Crippen molar-refractivity contribution in [3.05, 3.63) is 152 Å². The van der Waals surface area contributed by atoms with Gasteiger partial charge in [0.2, 0.25) is 0 Å². The zero-order chi connectivity index (χ0) is 29.3. The van der Waals surface area contributed by atoms with Crippen LogP contribution in [0.25, 0.3) is 78.2 Å². The summed E-state index contributed by atoms with van der Waals surface area (Å²) in [5.41, 5.74) is 8.91. The van der Waals surface area contributed by atoms with Crippen molar-refractivity contribution in [2.45, 2.75) is 0 Å². The van der Waals surface area contributed by atoms with Gasteiger partial charge in [0.1, 0.15) is 0 Å². The first-order chi connectivity index (χ1) is 21.8. The van der Waals surface area contributed by atoms with Gasteiger partial charge in [0.25, 0.3) is 0 Å². The lowest BCUT2D eigenvalue weighted by molar-refractivity contribution is 1.07. The quantitative estimate of drug-likeness (QED) is 0.209. The molecule has 5 aromatic carbocycles. The molecule has 0 bridgehead atoms. The molecule has 3 heterocycles. The van der Waals surface area contributed by atoms with Crippen molar-refractivity contribution >= 4 is 21.8 Å². The van der Waals surface area contributed by atoms with Gasteiger partial charge >= 0.3 is 0 Å². The topological polar surface area (TPSA) is 64.5 Å². The lowest BCUT2D eigenvalue weighted by Crippen LogP contribution is -2.00. The standard InChI is InChI=1S/C39H25N5/c1-3-9-28(10-4-1)37-42-38(29-11-5-2-6-12-29)44-39(43-37)34-22-32(30-17-15-26-13-7-19-40-35(26)24-30)21-33(23-34)31-18-16-27-14-8-20-41-36(27)25-31/h1-25H. The fraction of sp³-hybridized carbons (Fsp3) is 0. The van der Waals surface area contributed by atoms with Crippen molar-refractivity contribution in [1.29, 1.82) is 0 Å². The van der Waals surface area contributed by atoms with Crippen molar-refractivity contribution in [1.82, 2.24) is 24.9 Å². The molecule has 5 nitrogen and oxygen atoms in total. The Balaban J connectivity index is 1.36. The fourth-order valence-electron chi connectivity index (χ4n) is 5.52. The van der Waals surface area contributed by atoms with Gasteiger partial charge in [0, 0.05) is 39.9 Å². The maximum Gasteiger partial charge on any atom is 0.164 e. The molecule has 0 N–H and O–H groups in total. The molecule has 0 aliphatic rings. The number of rotatable bonds is 5. The minimum absolute atomic E-state index is 0.610. The highest BCUT2D eigenvalue weighted by Crippen LogP contribution is 2.35. The summed E-state index contributed by atoms with van der Waals surface area (Å²) in [6.07, 6.45) is 3.66. The first kappa shape index (κ1) is 25.6. The van der Waals surface area contributed by atoms with Gasteiger partial charge in [-0.25, -0.2) is 15.0 Å². The Hall–Kier alpha value is -6.07. The van der Waals surface area contributed by atoms with Crippen LogP contribution >= 0.6 is 0 Å². The predicted octanol–water partition coefficient (Wildman–Crippen LogP) is 9.30. The molecule has 0 aliphatic heterocycles. The van der Waals surface area contributed by atoms with Crippen LogP contribution in [-0.2, 0) is 0 Å². The molecule has 0 aliphatic carbocycles. The first-order valence-corrected chi connectivity index (χ1v) is 14.5. The average molecular weight is 564 g/mol. The van der Waals surface area contributed by atoms with Gasteiger partial charge in [-0.1, -0.05) is 97.1 Å². The van der Waals surface area contributed by atoms with Crippen LogP contribution in [0.5, 0.6) is 0 Å². The van der Waals surface area contributed by atoms with E-state index in [0.717, 1.165) is 60.8 Å². The second kappa shape index (κ2) is 11.0. The summed E-state index contributed by atoms with van der Waals surface area (Å²) in [5.74, 6) is 1.87. The monoisotopic (exact) mass is 563 g/mol. The zero-order valence-corrected chi connectivity index (χ0v) is 23.7. The Labute approximate surface area is 254 Å². The van der Waals surface area contributed by atoms with Crippen molar-refractivity contribution < 1.29 is 0 Å². The third-order valence-electron chi connectivity index (χ3n) is 7.77. The molecule has 0 fully saturated rings. The van der Waals surface area contributed by atoms with Gasteiger partial charge in [0.05, 0.1) is 11.0 Å². The van der Waals surface area contributed by atoms with Crippen LogP contribution in [0.3, 0.4) is 0 Å². The number of aromatic nitrogens is 5. The second-order valence-corrected chi connectivity index (χ2v) is 10.7. The minimum Gasteiger partial charge on any atom is -0.256 e. The molecule has 206 valence electrons. The fourth-order valence-corrected chi connectivity index (χ4v) is 5.52. The Bertz CT molecular complexity index is 2130. The third kappa shape index (κ3) is 4.97. The second-order valence-electron chi connectivity index (χ2n) is 10.7. The van der Waals surface area contributed by atoms with Crippen molar-refractivity contribution in [3.63, 3.8) is 0 Å². The normalized spacial score (nSPS) is 11.2. The number of fused-ring (bicyclic) bond motifs is 2. The number of pyridine rings is 2. The molecule has 8 aromatic rings. The predicted molar refractivity (Wildman–Crippen MR) is 178 cm³/mol. The summed E-state index contributed by atoms with van der Waals surface area (Å²) in [6.45, 7) is 0. The van der Waals surface area contributed by atoms with Gasteiger partial charge in [0.15, 0.2) is 17.5 Å². The highest BCUT2D eigenvalue weighted by molar-refractivity contribution is 5.89. The molecule has 0 spiro atoms. The van der Waals surface area contributed by atoms with Crippen LogP contribution in [0, 0.1) is 0 Å².